The number of benzene rings is 1. The van der Waals surface area contributed by atoms with E-state index in [0.29, 0.717) is 4.81 Å². The zero-order valence-electron chi connectivity index (χ0n) is 5.67. The molecule has 1 rings (SSSR count). The molecule has 4 heteroatoms. The molecule has 3 nitrogen and oxygen atoms in total. The van der Waals surface area contributed by atoms with E-state index in [4.69, 9.17) is 0 Å². The molecule has 0 spiro atoms. The summed E-state index contributed by atoms with van der Waals surface area (Å²) in [6.45, 7) is 0. The van der Waals surface area contributed by atoms with Crippen LogP contribution >= 0.6 is 0 Å². The van der Waals surface area contributed by atoms with Crippen molar-refractivity contribution in [1.29, 1.82) is 0 Å². The molecule has 0 aromatic heterocycles. The molecule has 1 aromatic rings. The van der Waals surface area contributed by atoms with Gasteiger partial charge in [0.1, 0.15) is 0 Å². The summed E-state index contributed by atoms with van der Waals surface area (Å²) in [4.78, 5) is 10.7. The van der Waals surface area contributed by atoms with E-state index in [2.05, 4.69) is 0 Å². The molecule has 0 heterocycles. The Hall–Kier alpha value is -0.692. The van der Waals surface area contributed by atoms with E-state index in [1.807, 2.05) is 30.3 Å². The van der Waals surface area contributed by atoms with Crippen molar-refractivity contribution in [3.05, 3.63) is 46.0 Å². The van der Waals surface area contributed by atoms with Crippen LogP contribution in [0.4, 0.5) is 0 Å². The van der Waals surface area contributed by atoms with E-state index >= 15 is 0 Å². The van der Waals surface area contributed by atoms with Crippen molar-refractivity contribution in [2.45, 2.75) is 4.81 Å². The van der Waals surface area contributed by atoms with Gasteiger partial charge in [-0.05, 0) is 0 Å². The second-order valence-corrected chi connectivity index (χ2v) is 4.24. The number of hydrogen-bond acceptors (Lipinski definition) is 2. The Morgan fingerprint density at radius 2 is 2.00 bits per heavy atom. The third-order valence-corrected chi connectivity index (χ3v) is 2.98. The molecule has 11 heavy (non-hydrogen) atoms. The van der Waals surface area contributed by atoms with Crippen molar-refractivity contribution in [2.24, 2.45) is 0 Å². The summed E-state index contributed by atoms with van der Waals surface area (Å²) in [6, 6.07) is 9.56. The number of rotatable bonds is 3. The molecule has 0 radical (unpaired) electrons. The van der Waals surface area contributed by atoms with Crippen molar-refractivity contribution in [3.63, 3.8) is 0 Å². The van der Waals surface area contributed by atoms with E-state index in [0.717, 1.165) is 5.56 Å². The van der Waals surface area contributed by atoms with Crippen LogP contribution in [0.1, 0.15) is 5.56 Å². The average Bonchev–Trinajstić information content (AvgIpc) is 2.03. The summed E-state index contributed by atoms with van der Waals surface area (Å²) < 4.78 is -0.188. The minimum absolute atomic E-state index is 0.188. The molecule has 1 aromatic carbocycles. The maximum absolute atomic E-state index is 10.0. The fraction of sp³-hybridized carbons (Fsp3) is 0.143. The quantitative estimate of drug-likeness (QED) is 0.621. The number of nitrogens with zero attached hydrogens (tertiary/aromatic N) is 1. The normalized spacial score (nSPS) is 9.82. The standard InChI is InChI=1S/C7H7.NO2.Pt/c1-7-5-3-2-4-6-7;2-1-3;/h2-6H,1H2;;. The van der Waals surface area contributed by atoms with Crippen molar-refractivity contribution in [2.75, 3.05) is 0 Å². The van der Waals surface area contributed by atoms with E-state index < -0.39 is 18.8 Å². The van der Waals surface area contributed by atoms with Gasteiger partial charge in [-0.15, -0.1) is 0 Å². The molecule has 0 saturated heterocycles. The van der Waals surface area contributed by atoms with Gasteiger partial charge in [0.15, 0.2) is 0 Å². The first kappa shape index (κ1) is 8.41. The van der Waals surface area contributed by atoms with Crippen molar-refractivity contribution in [1.82, 2.24) is 0 Å². The van der Waals surface area contributed by atoms with Crippen LogP contribution < -0.4 is 0 Å². The van der Waals surface area contributed by atoms with Gasteiger partial charge in [0, 0.05) is 0 Å². The zero-order valence-corrected chi connectivity index (χ0v) is 7.95. The molecule has 0 aliphatic heterocycles. The molecule has 62 valence electrons. The third-order valence-electron chi connectivity index (χ3n) is 1.10. The average molecular weight is 332 g/mol. The Morgan fingerprint density at radius 3 is 2.55 bits per heavy atom. The molecule has 0 aliphatic carbocycles. The first-order valence-electron chi connectivity index (χ1n) is 2.99. The Morgan fingerprint density at radius 1 is 1.36 bits per heavy atom. The van der Waals surface area contributed by atoms with Crippen LogP contribution in [-0.4, -0.2) is 3.48 Å². The molecule has 0 N–H and O–H groups in total. The minimum atomic E-state index is -0.900. The van der Waals surface area contributed by atoms with Gasteiger partial charge >= 0.3 is 73.1 Å². The molecule has 0 atom stereocenters. The molecular formula is C7H7NO2Pt. The molecule has 0 fully saturated rings. The summed E-state index contributed by atoms with van der Waals surface area (Å²) in [5.41, 5.74) is 1.07. The van der Waals surface area contributed by atoms with E-state index in [9.17, 15) is 10.1 Å². The summed E-state index contributed by atoms with van der Waals surface area (Å²) in [5, 5.41) is 10.0. The fourth-order valence-electron chi connectivity index (χ4n) is 0.651. The van der Waals surface area contributed by atoms with E-state index in [1.165, 1.54) is 0 Å². The van der Waals surface area contributed by atoms with Gasteiger partial charge in [-0.25, -0.2) is 0 Å². The van der Waals surface area contributed by atoms with Gasteiger partial charge in [0.05, 0.1) is 0 Å². The van der Waals surface area contributed by atoms with Gasteiger partial charge in [0.2, 0.25) is 0 Å². The van der Waals surface area contributed by atoms with Crippen LogP contribution in [0.2, 0.25) is 0 Å². The second kappa shape index (κ2) is 4.24. The Balaban J connectivity index is 2.45. The van der Waals surface area contributed by atoms with Crippen LogP contribution in [0.25, 0.3) is 0 Å². The van der Waals surface area contributed by atoms with E-state index in [-0.39, 0.29) is 3.48 Å². The number of hydrogen-bond donors (Lipinski definition) is 0. The van der Waals surface area contributed by atoms with Crippen molar-refractivity contribution >= 4 is 0 Å². The third kappa shape index (κ3) is 3.28. The van der Waals surface area contributed by atoms with Crippen LogP contribution in [-0.2, 0) is 23.6 Å². The Kier molecular flexibility index (Phi) is 3.24. The summed E-state index contributed by atoms with van der Waals surface area (Å²) in [5.74, 6) is 0. The monoisotopic (exact) mass is 332 g/mol. The number of nitro groups is 1. The van der Waals surface area contributed by atoms with Gasteiger partial charge in [-0.3, -0.25) is 0 Å². The zero-order chi connectivity index (χ0) is 8.10. The Bertz CT molecular complexity index is 237. The predicted octanol–water partition coefficient (Wildman–Crippen LogP) is 1.46. The molecule has 0 aliphatic rings. The topological polar surface area (TPSA) is 43.1 Å². The van der Waals surface area contributed by atoms with Crippen LogP contribution in [0.5, 0.6) is 0 Å². The SMILES string of the molecule is O=[N+]([O-])[Pt][CH2]c1ccccc1. The first-order valence-corrected chi connectivity index (χ1v) is 5.62. The Labute approximate surface area is 73.4 Å². The maximum atomic E-state index is 10.0. The van der Waals surface area contributed by atoms with E-state index in [1.54, 1.807) is 0 Å². The van der Waals surface area contributed by atoms with Gasteiger partial charge in [-0.1, -0.05) is 0 Å². The predicted molar refractivity (Wildman–Crippen MR) is 37.1 cm³/mol. The van der Waals surface area contributed by atoms with Gasteiger partial charge in [-0.2, -0.15) is 0 Å². The summed E-state index contributed by atoms with van der Waals surface area (Å²) in [7, 11) is 0. The molecule has 0 amide bonds. The molecule has 0 unspecified atom stereocenters. The van der Waals surface area contributed by atoms with Gasteiger partial charge in [0.25, 0.3) is 0 Å². The molecular weight excluding hydrogens is 325 g/mol. The fourth-order valence-corrected chi connectivity index (χ4v) is 1.89. The van der Waals surface area contributed by atoms with Gasteiger partial charge < -0.3 is 0 Å². The van der Waals surface area contributed by atoms with Crippen LogP contribution in [0, 0.1) is 10.1 Å². The summed E-state index contributed by atoms with van der Waals surface area (Å²) >= 11 is -0.900. The van der Waals surface area contributed by atoms with Crippen LogP contribution in [0.3, 0.4) is 0 Å². The van der Waals surface area contributed by atoms with Crippen molar-refractivity contribution < 1.29 is 22.3 Å². The first-order chi connectivity index (χ1) is 5.29. The van der Waals surface area contributed by atoms with Crippen molar-refractivity contribution in [3.8, 4) is 0 Å². The molecule has 0 saturated carbocycles. The summed E-state index contributed by atoms with van der Waals surface area (Å²) in [6.07, 6.45) is 0. The van der Waals surface area contributed by atoms with Crippen LogP contribution in [0.15, 0.2) is 30.3 Å². The second-order valence-electron chi connectivity index (χ2n) is 1.89. The molecule has 0 bridgehead atoms.